The van der Waals surface area contributed by atoms with Crippen LogP contribution in [0, 0.1) is 0 Å². The molecule has 2 atom stereocenters. The SMILES string of the molecule is O=C1C=C(N[C@H]2CCCC[C@H]2O)CCC1. The number of nitrogens with one attached hydrogen (secondary N) is 1. The molecule has 2 aliphatic carbocycles. The van der Waals surface area contributed by atoms with Gasteiger partial charge in [0.25, 0.3) is 0 Å². The maximum absolute atomic E-state index is 11.2. The molecule has 3 heteroatoms. The molecule has 0 unspecified atom stereocenters. The summed E-state index contributed by atoms with van der Waals surface area (Å²) in [5.41, 5.74) is 1.03. The van der Waals surface area contributed by atoms with Gasteiger partial charge in [-0.25, -0.2) is 0 Å². The van der Waals surface area contributed by atoms with Crippen molar-refractivity contribution in [3.05, 3.63) is 11.8 Å². The highest BCUT2D eigenvalue weighted by atomic mass is 16.3. The van der Waals surface area contributed by atoms with Gasteiger partial charge < -0.3 is 10.4 Å². The molecule has 0 amide bonds. The minimum absolute atomic E-state index is 0.163. The standard InChI is InChI=1S/C12H19NO2/c14-10-5-3-4-9(8-10)13-11-6-1-2-7-12(11)15/h8,11-13,15H,1-7H2/t11-,12+/m0/s1. The number of allylic oxidation sites excluding steroid dienone is 2. The zero-order chi connectivity index (χ0) is 10.7. The lowest BCUT2D eigenvalue weighted by atomic mass is 9.91. The summed E-state index contributed by atoms with van der Waals surface area (Å²) in [7, 11) is 0. The molecule has 0 saturated heterocycles. The molecule has 0 spiro atoms. The first-order valence-corrected chi connectivity index (χ1v) is 5.94. The monoisotopic (exact) mass is 209 g/mol. The molecule has 0 aromatic rings. The van der Waals surface area contributed by atoms with Gasteiger partial charge in [-0.15, -0.1) is 0 Å². The van der Waals surface area contributed by atoms with Gasteiger partial charge in [0.15, 0.2) is 5.78 Å². The molecule has 1 fully saturated rings. The van der Waals surface area contributed by atoms with E-state index in [-0.39, 0.29) is 17.9 Å². The number of aliphatic hydroxyl groups excluding tert-OH is 1. The summed E-state index contributed by atoms with van der Waals surface area (Å²) in [6.45, 7) is 0. The van der Waals surface area contributed by atoms with E-state index in [9.17, 15) is 9.90 Å². The molecule has 0 aliphatic heterocycles. The molecule has 3 nitrogen and oxygen atoms in total. The number of ketones is 1. The van der Waals surface area contributed by atoms with Gasteiger partial charge in [0.2, 0.25) is 0 Å². The summed E-state index contributed by atoms with van der Waals surface area (Å²) in [6, 6.07) is 0.163. The van der Waals surface area contributed by atoms with Crippen molar-refractivity contribution in [2.24, 2.45) is 0 Å². The van der Waals surface area contributed by atoms with E-state index in [4.69, 9.17) is 0 Å². The van der Waals surface area contributed by atoms with Crippen molar-refractivity contribution < 1.29 is 9.90 Å². The molecule has 0 radical (unpaired) electrons. The smallest absolute Gasteiger partial charge is 0.157 e. The summed E-state index contributed by atoms with van der Waals surface area (Å²) in [4.78, 5) is 11.2. The summed E-state index contributed by atoms with van der Waals surface area (Å²) in [6.07, 6.45) is 8.26. The third-order valence-corrected chi connectivity index (χ3v) is 3.30. The third-order valence-electron chi connectivity index (χ3n) is 3.30. The number of hydrogen-bond donors (Lipinski definition) is 2. The summed E-state index contributed by atoms with van der Waals surface area (Å²) < 4.78 is 0. The largest absolute Gasteiger partial charge is 0.391 e. The predicted octanol–water partition coefficient (Wildman–Crippen LogP) is 1.52. The number of carbonyl (C=O) groups is 1. The Kier molecular flexibility index (Phi) is 3.41. The fourth-order valence-corrected chi connectivity index (χ4v) is 2.42. The second kappa shape index (κ2) is 4.79. The summed E-state index contributed by atoms with van der Waals surface area (Å²) in [5.74, 6) is 0.217. The van der Waals surface area contributed by atoms with E-state index in [1.54, 1.807) is 6.08 Å². The number of hydrogen-bond acceptors (Lipinski definition) is 3. The average molecular weight is 209 g/mol. The van der Waals surface area contributed by atoms with Gasteiger partial charge in [0.05, 0.1) is 12.1 Å². The predicted molar refractivity (Wildman–Crippen MR) is 58.3 cm³/mol. The highest BCUT2D eigenvalue weighted by Gasteiger charge is 2.24. The second-order valence-corrected chi connectivity index (χ2v) is 4.59. The van der Waals surface area contributed by atoms with Crippen molar-refractivity contribution in [2.75, 3.05) is 0 Å². The van der Waals surface area contributed by atoms with Gasteiger partial charge in [-0.05, 0) is 25.7 Å². The lowest BCUT2D eigenvalue weighted by molar-refractivity contribution is -0.115. The normalized spacial score (nSPS) is 32.3. The van der Waals surface area contributed by atoms with Crippen LogP contribution in [0.15, 0.2) is 11.8 Å². The lowest BCUT2D eigenvalue weighted by Gasteiger charge is -2.30. The molecule has 0 aromatic carbocycles. The molecule has 84 valence electrons. The van der Waals surface area contributed by atoms with E-state index in [0.717, 1.165) is 37.8 Å². The van der Waals surface area contributed by atoms with Crippen molar-refractivity contribution in [3.63, 3.8) is 0 Å². The fourth-order valence-electron chi connectivity index (χ4n) is 2.42. The first-order valence-electron chi connectivity index (χ1n) is 5.94. The molecule has 15 heavy (non-hydrogen) atoms. The van der Waals surface area contributed by atoms with Gasteiger partial charge in [-0.1, -0.05) is 12.8 Å². The van der Waals surface area contributed by atoms with E-state index in [1.165, 1.54) is 6.42 Å². The zero-order valence-corrected chi connectivity index (χ0v) is 9.04. The van der Waals surface area contributed by atoms with Crippen molar-refractivity contribution >= 4 is 5.78 Å². The van der Waals surface area contributed by atoms with Gasteiger partial charge in [0, 0.05) is 18.2 Å². The molecule has 2 aliphatic rings. The van der Waals surface area contributed by atoms with Crippen molar-refractivity contribution in [2.45, 2.75) is 57.1 Å². The first-order chi connectivity index (χ1) is 7.25. The topological polar surface area (TPSA) is 49.3 Å². The van der Waals surface area contributed by atoms with E-state index < -0.39 is 0 Å². The Labute approximate surface area is 90.6 Å². The van der Waals surface area contributed by atoms with Crippen LogP contribution in [0.1, 0.15) is 44.9 Å². The molecule has 0 bridgehead atoms. The number of carbonyl (C=O) groups excluding carboxylic acids is 1. The average Bonchev–Trinajstić information content (AvgIpc) is 2.22. The van der Waals surface area contributed by atoms with Gasteiger partial charge in [0.1, 0.15) is 0 Å². The van der Waals surface area contributed by atoms with Crippen LogP contribution < -0.4 is 5.32 Å². The van der Waals surface area contributed by atoms with Crippen molar-refractivity contribution in [1.82, 2.24) is 5.32 Å². The van der Waals surface area contributed by atoms with Crippen LogP contribution in [-0.2, 0) is 4.79 Å². The number of rotatable bonds is 2. The van der Waals surface area contributed by atoms with Crippen LogP contribution in [0.2, 0.25) is 0 Å². The maximum Gasteiger partial charge on any atom is 0.157 e. The van der Waals surface area contributed by atoms with Gasteiger partial charge >= 0.3 is 0 Å². The van der Waals surface area contributed by atoms with E-state index in [1.807, 2.05) is 0 Å². The fraction of sp³-hybridized carbons (Fsp3) is 0.750. The van der Waals surface area contributed by atoms with Crippen LogP contribution in [-0.4, -0.2) is 23.0 Å². The highest BCUT2D eigenvalue weighted by molar-refractivity contribution is 5.91. The second-order valence-electron chi connectivity index (χ2n) is 4.59. The zero-order valence-electron chi connectivity index (χ0n) is 9.04. The Morgan fingerprint density at radius 3 is 2.73 bits per heavy atom. The Morgan fingerprint density at radius 2 is 2.00 bits per heavy atom. The van der Waals surface area contributed by atoms with E-state index in [2.05, 4.69) is 5.32 Å². The Hall–Kier alpha value is -0.830. The first kappa shape index (κ1) is 10.7. The molecule has 2 N–H and O–H groups in total. The molecule has 2 rings (SSSR count). The maximum atomic E-state index is 11.2. The molecule has 0 aromatic heterocycles. The minimum Gasteiger partial charge on any atom is -0.391 e. The van der Waals surface area contributed by atoms with Crippen LogP contribution in [0.3, 0.4) is 0 Å². The third kappa shape index (κ3) is 2.81. The molecular weight excluding hydrogens is 190 g/mol. The number of aliphatic hydroxyl groups is 1. The van der Waals surface area contributed by atoms with Crippen LogP contribution >= 0.6 is 0 Å². The van der Waals surface area contributed by atoms with Gasteiger partial charge in [-0.3, -0.25) is 4.79 Å². The Bertz CT molecular complexity index is 273. The van der Waals surface area contributed by atoms with Gasteiger partial charge in [-0.2, -0.15) is 0 Å². The summed E-state index contributed by atoms with van der Waals surface area (Å²) >= 11 is 0. The van der Waals surface area contributed by atoms with E-state index >= 15 is 0 Å². The van der Waals surface area contributed by atoms with Crippen molar-refractivity contribution in [3.8, 4) is 0 Å². The summed E-state index contributed by atoms with van der Waals surface area (Å²) in [5, 5.41) is 13.1. The molecule has 0 heterocycles. The molecule has 1 saturated carbocycles. The highest BCUT2D eigenvalue weighted by Crippen LogP contribution is 2.21. The lowest BCUT2D eigenvalue weighted by Crippen LogP contribution is -2.42. The Balaban J connectivity index is 1.92. The van der Waals surface area contributed by atoms with E-state index in [0.29, 0.717) is 6.42 Å². The van der Waals surface area contributed by atoms with Crippen LogP contribution in [0.5, 0.6) is 0 Å². The van der Waals surface area contributed by atoms with Crippen molar-refractivity contribution in [1.29, 1.82) is 0 Å². The van der Waals surface area contributed by atoms with Crippen LogP contribution in [0.25, 0.3) is 0 Å². The Morgan fingerprint density at radius 1 is 1.20 bits per heavy atom. The van der Waals surface area contributed by atoms with Crippen LogP contribution in [0.4, 0.5) is 0 Å². The molecular formula is C12H19NO2. The minimum atomic E-state index is -0.239. The quantitative estimate of drug-likeness (QED) is 0.725.